The summed E-state index contributed by atoms with van der Waals surface area (Å²) in [5, 5.41) is 0. The van der Waals surface area contributed by atoms with Gasteiger partial charge in [-0.1, -0.05) is 0 Å². The Hall–Kier alpha value is -1.97. The van der Waals surface area contributed by atoms with Crippen LogP contribution >= 0.6 is 0 Å². The van der Waals surface area contributed by atoms with Crippen molar-refractivity contribution in [3.63, 3.8) is 0 Å². The summed E-state index contributed by atoms with van der Waals surface area (Å²) < 4.78 is 0. The van der Waals surface area contributed by atoms with Crippen LogP contribution in [-0.2, 0) is 9.59 Å². The van der Waals surface area contributed by atoms with E-state index in [2.05, 4.69) is 0 Å². The maximum atomic E-state index is 11.8. The van der Waals surface area contributed by atoms with Crippen molar-refractivity contribution in [2.24, 2.45) is 0 Å². The van der Waals surface area contributed by atoms with E-state index in [1.54, 1.807) is 24.3 Å². The lowest BCUT2D eigenvalue weighted by Gasteiger charge is -2.18. The van der Waals surface area contributed by atoms with E-state index < -0.39 is 0 Å². The zero-order chi connectivity index (χ0) is 12.3. The number of aldehydes is 1. The molecule has 0 N–H and O–H groups in total. The summed E-state index contributed by atoms with van der Waals surface area (Å²) in [6.45, 7) is 0. The summed E-state index contributed by atoms with van der Waals surface area (Å²) >= 11 is 0. The van der Waals surface area contributed by atoms with Crippen LogP contribution in [-0.4, -0.2) is 18.1 Å². The molecule has 0 spiro atoms. The first kappa shape index (κ1) is 11.5. The summed E-state index contributed by atoms with van der Waals surface area (Å²) in [4.78, 5) is 35.4. The van der Waals surface area contributed by atoms with E-state index in [1.165, 1.54) is 4.90 Å². The molecule has 1 aromatic rings. The van der Waals surface area contributed by atoms with Crippen molar-refractivity contribution in [2.75, 3.05) is 4.90 Å². The lowest BCUT2D eigenvalue weighted by atomic mass is 10.2. The fourth-order valence-electron chi connectivity index (χ4n) is 1.91. The van der Waals surface area contributed by atoms with E-state index in [1.807, 2.05) is 0 Å². The van der Waals surface area contributed by atoms with Gasteiger partial charge in [0.2, 0.25) is 11.8 Å². The van der Waals surface area contributed by atoms with Gasteiger partial charge < -0.3 is 0 Å². The molecule has 0 bridgehead atoms. The van der Waals surface area contributed by atoms with Crippen molar-refractivity contribution in [3.05, 3.63) is 29.8 Å². The third-order valence-electron chi connectivity index (χ3n) is 2.82. The SMILES string of the molecule is O=Cc1ccc(N2C(=O)CCCCC2=O)cc1. The highest BCUT2D eigenvalue weighted by Gasteiger charge is 2.25. The highest BCUT2D eigenvalue weighted by molar-refractivity contribution is 6.15. The second-order valence-corrected chi connectivity index (χ2v) is 4.04. The van der Waals surface area contributed by atoms with Crippen LogP contribution < -0.4 is 4.90 Å². The van der Waals surface area contributed by atoms with Gasteiger partial charge in [0, 0.05) is 18.4 Å². The Morgan fingerprint density at radius 3 is 1.94 bits per heavy atom. The average Bonchev–Trinajstić information content (AvgIpc) is 2.51. The molecule has 1 aliphatic rings. The molecule has 0 aliphatic carbocycles. The first-order valence-electron chi connectivity index (χ1n) is 5.63. The maximum Gasteiger partial charge on any atom is 0.233 e. The van der Waals surface area contributed by atoms with Gasteiger partial charge in [-0.2, -0.15) is 0 Å². The molecule has 1 aliphatic heterocycles. The molecule has 1 fully saturated rings. The molecule has 88 valence electrons. The molecule has 1 saturated heterocycles. The van der Waals surface area contributed by atoms with Crippen LogP contribution in [0, 0.1) is 0 Å². The van der Waals surface area contributed by atoms with Crippen LogP contribution in [0.5, 0.6) is 0 Å². The lowest BCUT2D eigenvalue weighted by Crippen LogP contribution is -2.35. The first-order chi connectivity index (χ1) is 8.22. The second-order valence-electron chi connectivity index (χ2n) is 4.04. The Morgan fingerprint density at radius 1 is 0.941 bits per heavy atom. The largest absolute Gasteiger partial charge is 0.298 e. The topological polar surface area (TPSA) is 54.5 Å². The highest BCUT2D eigenvalue weighted by atomic mass is 16.2. The number of benzene rings is 1. The minimum atomic E-state index is -0.161. The minimum Gasteiger partial charge on any atom is -0.298 e. The third kappa shape index (κ3) is 2.41. The number of hydrogen-bond acceptors (Lipinski definition) is 3. The molecule has 2 rings (SSSR count). The zero-order valence-electron chi connectivity index (χ0n) is 9.39. The lowest BCUT2D eigenvalue weighted by molar-refractivity contribution is -0.125. The van der Waals surface area contributed by atoms with Crippen molar-refractivity contribution in [1.29, 1.82) is 0 Å². The van der Waals surface area contributed by atoms with E-state index in [0.29, 0.717) is 24.1 Å². The van der Waals surface area contributed by atoms with E-state index in [0.717, 1.165) is 19.1 Å². The van der Waals surface area contributed by atoms with Gasteiger partial charge in [-0.25, -0.2) is 0 Å². The number of nitrogens with zero attached hydrogens (tertiary/aromatic N) is 1. The average molecular weight is 231 g/mol. The molecule has 2 amide bonds. The quantitative estimate of drug-likeness (QED) is 0.577. The molecule has 4 heteroatoms. The number of carbonyl (C=O) groups excluding carboxylic acids is 3. The number of amides is 2. The number of imide groups is 1. The third-order valence-corrected chi connectivity index (χ3v) is 2.82. The van der Waals surface area contributed by atoms with Gasteiger partial charge in [0.25, 0.3) is 0 Å². The van der Waals surface area contributed by atoms with E-state index >= 15 is 0 Å². The van der Waals surface area contributed by atoms with Crippen LogP contribution in [0.1, 0.15) is 36.0 Å². The summed E-state index contributed by atoms with van der Waals surface area (Å²) in [5.41, 5.74) is 1.08. The fourth-order valence-corrected chi connectivity index (χ4v) is 1.91. The Bertz CT molecular complexity index is 432. The van der Waals surface area contributed by atoms with Crippen molar-refractivity contribution in [1.82, 2.24) is 0 Å². The van der Waals surface area contributed by atoms with Crippen LogP contribution in [0.15, 0.2) is 24.3 Å². The standard InChI is InChI=1S/C13H13NO3/c15-9-10-5-7-11(8-6-10)14-12(16)3-1-2-4-13(14)17/h5-9H,1-4H2. The van der Waals surface area contributed by atoms with Crippen molar-refractivity contribution < 1.29 is 14.4 Å². The number of hydrogen-bond donors (Lipinski definition) is 0. The molecule has 17 heavy (non-hydrogen) atoms. The molecule has 1 aromatic carbocycles. The molecule has 1 heterocycles. The zero-order valence-corrected chi connectivity index (χ0v) is 9.39. The van der Waals surface area contributed by atoms with Crippen LogP contribution in [0.3, 0.4) is 0 Å². The van der Waals surface area contributed by atoms with Gasteiger partial charge in [-0.15, -0.1) is 0 Å². The molecule has 0 saturated carbocycles. The second kappa shape index (κ2) is 4.91. The van der Waals surface area contributed by atoms with E-state index in [-0.39, 0.29) is 11.8 Å². The first-order valence-corrected chi connectivity index (χ1v) is 5.63. The van der Waals surface area contributed by atoms with Gasteiger partial charge >= 0.3 is 0 Å². The predicted molar refractivity (Wildman–Crippen MR) is 62.8 cm³/mol. The van der Waals surface area contributed by atoms with Crippen LogP contribution in [0.4, 0.5) is 5.69 Å². The number of anilines is 1. The molecular formula is C13H13NO3. The van der Waals surface area contributed by atoms with Crippen LogP contribution in [0.25, 0.3) is 0 Å². The maximum absolute atomic E-state index is 11.8. The predicted octanol–water partition coefficient (Wildman–Crippen LogP) is 1.93. The summed E-state index contributed by atoms with van der Waals surface area (Å²) in [7, 11) is 0. The van der Waals surface area contributed by atoms with Crippen molar-refractivity contribution in [2.45, 2.75) is 25.7 Å². The smallest absolute Gasteiger partial charge is 0.233 e. The normalized spacial score (nSPS) is 16.8. The van der Waals surface area contributed by atoms with Crippen LogP contribution in [0.2, 0.25) is 0 Å². The molecule has 0 atom stereocenters. The summed E-state index contributed by atoms with van der Waals surface area (Å²) in [5.74, 6) is -0.322. The van der Waals surface area contributed by atoms with Crippen molar-refractivity contribution in [3.8, 4) is 0 Å². The molecule has 0 unspecified atom stereocenters. The summed E-state index contributed by atoms with van der Waals surface area (Å²) in [6.07, 6.45) is 3.05. The molecule has 0 aromatic heterocycles. The molecule has 4 nitrogen and oxygen atoms in total. The molecule has 0 radical (unpaired) electrons. The monoisotopic (exact) mass is 231 g/mol. The highest BCUT2D eigenvalue weighted by Crippen LogP contribution is 2.21. The number of carbonyl (C=O) groups is 3. The summed E-state index contributed by atoms with van der Waals surface area (Å²) in [6, 6.07) is 6.47. The Kier molecular flexibility index (Phi) is 3.32. The van der Waals surface area contributed by atoms with Gasteiger partial charge in [-0.3, -0.25) is 19.3 Å². The molecular weight excluding hydrogens is 218 g/mol. The fraction of sp³-hybridized carbons (Fsp3) is 0.308. The number of rotatable bonds is 2. The van der Waals surface area contributed by atoms with E-state index in [9.17, 15) is 14.4 Å². The Balaban J connectivity index is 2.31. The van der Waals surface area contributed by atoms with Gasteiger partial charge in [0.1, 0.15) is 6.29 Å². The Labute approximate surface area is 99.2 Å². The van der Waals surface area contributed by atoms with Crippen molar-refractivity contribution >= 4 is 23.8 Å². The van der Waals surface area contributed by atoms with Gasteiger partial charge in [0.15, 0.2) is 0 Å². The van der Waals surface area contributed by atoms with E-state index in [4.69, 9.17) is 0 Å². The van der Waals surface area contributed by atoms with Gasteiger partial charge in [0.05, 0.1) is 5.69 Å². The van der Waals surface area contributed by atoms with Gasteiger partial charge in [-0.05, 0) is 37.1 Å². The minimum absolute atomic E-state index is 0.161. The Morgan fingerprint density at radius 2 is 1.47 bits per heavy atom.